The minimum atomic E-state index is -0.404. The summed E-state index contributed by atoms with van der Waals surface area (Å²) < 4.78 is 10.5. The summed E-state index contributed by atoms with van der Waals surface area (Å²) in [5.41, 5.74) is 3.58. The van der Waals surface area contributed by atoms with Crippen LogP contribution in [0.4, 0.5) is 11.4 Å². The Balaban J connectivity index is 1.60. The van der Waals surface area contributed by atoms with Crippen molar-refractivity contribution in [3.8, 4) is 0 Å². The fourth-order valence-corrected chi connectivity index (χ4v) is 3.02. The molecule has 10 nitrogen and oxygen atoms in total. The summed E-state index contributed by atoms with van der Waals surface area (Å²) in [4.78, 5) is 26.9. The molecule has 1 aromatic rings. The maximum absolute atomic E-state index is 11.9. The second-order valence-electron chi connectivity index (χ2n) is 6.29. The molecule has 2 aliphatic rings. The van der Waals surface area contributed by atoms with Crippen molar-refractivity contribution in [1.29, 1.82) is 0 Å². The Kier molecular flexibility index (Phi) is 6.69. The van der Waals surface area contributed by atoms with Crippen molar-refractivity contribution in [3.05, 3.63) is 33.9 Å². The molecule has 1 aromatic carbocycles. The van der Waals surface area contributed by atoms with E-state index in [2.05, 4.69) is 10.5 Å². The van der Waals surface area contributed by atoms with Crippen LogP contribution in [0.3, 0.4) is 0 Å². The van der Waals surface area contributed by atoms with Crippen molar-refractivity contribution < 1.29 is 19.2 Å². The third-order valence-electron chi connectivity index (χ3n) is 4.42. The highest BCUT2D eigenvalue weighted by Gasteiger charge is 2.21. The van der Waals surface area contributed by atoms with E-state index in [0.717, 1.165) is 0 Å². The average Bonchev–Trinajstić information content (AvgIpc) is 2.69. The lowest BCUT2D eigenvalue weighted by atomic mass is 10.1. The number of hydrazone groups is 1. The Morgan fingerprint density at radius 1 is 1.19 bits per heavy atom. The fraction of sp³-hybridized carbons (Fsp3) is 0.529. The Labute approximate surface area is 156 Å². The van der Waals surface area contributed by atoms with Crippen molar-refractivity contribution in [1.82, 2.24) is 10.3 Å². The molecule has 146 valence electrons. The zero-order chi connectivity index (χ0) is 19.1. The summed E-state index contributed by atoms with van der Waals surface area (Å²) >= 11 is 0. The van der Waals surface area contributed by atoms with E-state index < -0.39 is 4.92 Å². The van der Waals surface area contributed by atoms with Gasteiger partial charge in [0, 0.05) is 37.8 Å². The average molecular weight is 377 g/mol. The van der Waals surface area contributed by atoms with E-state index >= 15 is 0 Å². The highest BCUT2D eigenvalue weighted by Crippen LogP contribution is 2.29. The molecular weight excluding hydrogens is 354 g/mol. The van der Waals surface area contributed by atoms with Gasteiger partial charge in [-0.3, -0.25) is 19.8 Å². The van der Waals surface area contributed by atoms with Gasteiger partial charge in [0.15, 0.2) is 0 Å². The zero-order valence-corrected chi connectivity index (χ0v) is 15.0. The van der Waals surface area contributed by atoms with Crippen LogP contribution in [0.5, 0.6) is 0 Å². The molecule has 0 unspecified atom stereocenters. The number of morpholine rings is 2. The standard InChI is InChI=1S/C17H23N5O5/c23-17(13-20-3-7-26-8-4-20)19-18-12-14-1-2-15(16(11-14)22(24)25)21-5-9-27-10-6-21/h1-2,11-12H,3-10,13H2,(H,19,23)/b18-12+. The predicted molar refractivity (Wildman–Crippen MR) is 99.1 cm³/mol. The number of nitro benzene ring substituents is 1. The molecule has 2 saturated heterocycles. The first-order valence-electron chi connectivity index (χ1n) is 8.86. The van der Waals surface area contributed by atoms with Gasteiger partial charge in [0.05, 0.1) is 44.1 Å². The second-order valence-corrected chi connectivity index (χ2v) is 6.29. The molecule has 2 aliphatic heterocycles. The molecule has 0 atom stereocenters. The van der Waals surface area contributed by atoms with Gasteiger partial charge in [0.1, 0.15) is 5.69 Å². The van der Waals surface area contributed by atoms with Crippen LogP contribution in [0, 0.1) is 10.1 Å². The summed E-state index contributed by atoms with van der Waals surface area (Å²) in [5.74, 6) is -0.229. The van der Waals surface area contributed by atoms with Crippen LogP contribution < -0.4 is 10.3 Å². The molecule has 2 fully saturated rings. The summed E-state index contributed by atoms with van der Waals surface area (Å²) in [6, 6.07) is 4.91. The number of rotatable bonds is 6. The molecular formula is C17H23N5O5. The van der Waals surface area contributed by atoms with E-state index in [1.807, 2.05) is 9.80 Å². The summed E-state index contributed by atoms with van der Waals surface area (Å²) in [6.45, 7) is 5.25. The molecule has 0 radical (unpaired) electrons. The van der Waals surface area contributed by atoms with Crippen LogP contribution in [0.25, 0.3) is 0 Å². The number of anilines is 1. The molecule has 10 heteroatoms. The molecule has 3 rings (SSSR count). The number of nitrogens with one attached hydrogen (secondary N) is 1. The number of nitrogens with zero attached hydrogens (tertiary/aromatic N) is 4. The van der Waals surface area contributed by atoms with Crippen molar-refractivity contribution in [2.45, 2.75) is 0 Å². The maximum Gasteiger partial charge on any atom is 0.293 e. The summed E-state index contributed by atoms with van der Waals surface area (Å²) in [5, 5.41) is 15.3. The van der Waals surface area contributed by atoms with Crippen molar-refractivity contribution >= 4 is 23.5 Å². The van der Waals surface area contributed by atoms with Gasteiger partial charge in [-0.1, -0.05) is 6.07 Å². The first-order chi connectivity index (χ1) is 13.1. The van der Waals surface area contributed by atoms with E-state index in [-0.39, 0.29) is 18.1 Å². The first kappa shape index (κ1) is 19.2. The minimum Gasteiger partial charge on any atom is -0.379 e. The first-order valence-corrected chi connectivity index (χ1v) is 8.86. The van der Waals surface area contributed by atoms with Crippen LogP contribution in [0.1, 0.15) is 5.56 Å². The zero-order valence-electron chi connectivity index (χ0n) is 15.0. The minimum absolute atomic E-state index is 0.0143. The highest BCUT2D eigenvalue weighted by atomic mass is 16.6. The van der Waals surface area contributed by atoms with Gasteiger partial charge in [-0.05, 0) is 6.07 Å². The Morgan fingerprint density at radius 3 is 2.52 bits per heavy atom. The van der Waals surface area contributed by atoms with E-state index in [1.54, 1.807) is 12.1 Å². The molecule has 1 amide bonds. The second kappa shape index (κ2) is 9.40. The number of carbonyl (C=O) groups excluding carboxylic acids is 1. The molecule has 27 heavy (non-hydrogen) atoms. The van der Waals surface area contributed by atoms with Gasteiger partial charge in [-0.25, -0.2) is 5.43 Å². The fourth-order valence-electron chi connectivity index (χ4n) is 3.02. The largest absolute Gasteiger partial charge is 0.379 e. The van der Waals surface area contributed by atoms with Crippen molar-refractivity contribution in [3.63, 3.8) is 0 Å². The van der Waals surface area contributed by atoms with Gasteiger partial charge in [0.25, 0.3) is 11.6 Å². The summed E-state index contributed by atoms with van der Waals surface area (Å²) in [7, 11) is 0. The summed E-state index contributed by atoms with van der Waals surface area (Å²) in [6.07, 6.45) is 1.41. The van der Waals surface area contributed by atoms with E-state index in [9.17, 15) is 14.9 Å². The SMILES string of the molecule is O=C(CN1CCOCC1)N/N=C/c1ccc(N2CCOCC2)c([N+](=O)[O-])c1. The van der Waals surface area contributed by atoms with Crippen LogP contribution in [0.15, 0.2) is 23.3 Å². The number of benzene rings is 1. The normalized spacial score (nSPS) is 18.6. The smallest absolute Gasteiger partial charge is 0.293 e. The van der Waals surface area contributed by atoms with Crippen LogP contribution >= 0.6 is 0 Å². The molecule has 0 bridgehead atoms. The molecule has 2 heterocycles. The van der Waals surface area contributed by atoms with Gasteiger partial charge in [-0.2, -0.15) is 5.10 Å². The number of amides is 1. The van der Waals surface area contributed by atoms with Gasteiger partial charge in [-0.15, -0.1) is 0 Å². The molecule has 0 spiro atoms. The van der Waals surface area contributed by atoms with E-state index in [0.29, 0.717) is 63.9 Å². The number of hydrogen-bond donors (Lipinski definition) is 1. The number of nitro groups is 1. The van der Waals surface area contributed by atoms with Gasteiger partial charge < -0.3 is 14.4 Å². The lowest BCUT2D eigenvalue weighted by Gasteiger charge is -2.28. The maximum atomic E-state index is 11.9. The number of carbonyl (C=O) groups is 1. The highest BCUT2D eigenvalue weighted by molar-refractivity contribution is 5.85. The van der Waals surface area contributed by atoms with E-state index in [4.69, 9.17) is 9.47 Å². The molecule has 0 aliphatic carbocycles. The topological polar surface area (TPSA) is 110 Å². The van der Waals surface area contributed by atoms with Crippen LogP contribution in [-0.4, -0.2) is 81.1 Å². The molecule has 1 N–H and O–H groups in total. The predicted octanol–water partition coefficient (Wildman–Crippen LogP) is 0.214. The van der Waals surface area contributed by atoms with E-state index in [1.165, 1.54) is 12.3 Å². The lowest BCUT2D eigenvalue weighted by molar-refractivity contribution is -0.384. The monoisotopic (exact) mass is 377 g/mol. The Hall–Kier alpha value is -2.56. The third kappa shape index (κ3) is 5.46. The van der Waals surface area contributed by atoms with Crippen LogP contribution in [-0.2, 0) is 14.3 Å². The number of ether oxygens (including phenoxy) is 2. The van der Waals surface area contributed by atoms with Gasteiger partial charge in [0.2, 0.25) is 0 Å². The van der Waals surface area contributed by atoms with Crippen LogP contribution in [0.2, 0.25) is 0 Å². The number of hydrogen-bond acceptors (Lipinski definition) is 8. The Bertz CT molecular complexity index is 699. The Morgan fingerprint density at radius 2 is 1.85 bits per heavy atom. The quantitative estimate of drug-likeness (QED) is 0.429. The molecule has 0 saturated carbocycles. The molecule has 0 aromatic heterocycles. The third-order valence-corrected chi connectivity index (χ3v) is 4.42. The lowest BCUT2D eigenvalue weighted by Crippen LogP contribution is -2.42. The van der Waals surface area contributed by atoms with Gasteiger partial charge >= 0.3 is 0 Å². The van der Waals surface area contributed by atoms with Crippen molar-refractivity contribution in [2.24, 2.45) is 5.10 Å². The van der Waals surface area contributed by atoms with Crippen molar-refractivity contribution in [2.75, 3.05) is 64.1 Å².